The maximum atomic E-state index is 12.9. The lowest BCUT2D eigenvalue weighted by Gasteiger charge is -2.11. The number of ketones is 1. The lowest BCUT2D eigenvalue weighted by Crippen LogP contribution is -2.28. The van der Waals surface area contributed by atoms with Crippen LogP contribution >= 0.6 is 0 Å². The average Bonchev–Trinajstić information content (AvgIpc) is 2.16. The largest absolute Gasteiger partial charge is 0.314 e. The van der Waals surface area contributed by atoms with E-state index in [1.165, 1.54) is 0 Å². The van der Waals surface area contributed by atoms with Gasteiger partial charge in [0.05, 0.1) is 0 Å². The molecule has 0 aliphatic rings. The van der Waals surface area contributed by atoms with Crippen molar-refractivity contribution in [3.63, 3.8) is 0 Å². The summed E-state index contributed by atoms with van der Waals surface area (Å²) in [5.74, 6) is -1.70. The van der Waals surface area contributed by atoms with Crippen LogP contribution in [0.3, 0.4) is 0 Å². The number of Topliss-reactive ketones (excluding diaryl/α,β-unsaturated/α-hetero) is 1. The minimum Gasteiger partial charge on any atom is -0.314 e. The van der Waals surface area contributed by atoms with E-state index >= 15 is 0 Å². The third kappa shape index (κ3) is 3.70. The second-order valence-electron chi connectivity index (χ2n) is 3.74. The Bertz CT molecular complexity index is 359. The predicted molar refractivity (Wildman–Crippen MR) is 58.4 cm³/mol. The fourth-order valence-electron chi connectivity index (χ4n) is 1.53. The third-order valence-corrected chi connectivity index (χ3v) is 2.23. The van der Waals surface area contributed by atoms with Gasteiger partial charge in [0.2, 0.25) is 0 Å². The van der Waals surface area contributed by atoms with Crippen molar-refractivity contribution < 1.29 is 13.6 Å². The van der Waals surface area contributed by atoms with E-state index in [9.17, 15) is 13.6 Å². The monoisotopic (exact) mass is 227 g/mol. The molecule has 1 unspecified atom stereocenters. The summed E-state index contributed by atoms with van der Waals surface area (Å²) in [6.45, 7) is 4.55. The van der Waals surface area contributed by atoms with Gasteiger partial charge in [-0.1, -0.05) is 6.92 Å². The SMILES string of the molecule is CCNC(C)CC(=O)c1cc(F)cc(F)c1. The van der Waals surface area contributed by atoms with Gasteiger partial charge < -0.3 is 5.32 Å². The molecule has 0 heterocycles. The number of rotatable bonds is 5. The van der Waals surface area contributed by atoms with Gasteiger partial charge in [-0.3, -0.25) is 4.79 Å². The molecule has 0 bridgehead atoms. The van der Waals surface area contributed by atoms with E-state index in [1.807, 2.05) is 13.8 Å². The Morgan fingerprint density at radius 3 is 2.38 bits per heavy atom. The molecule has 1 N–H and O–H groups in total. The minimum absolute atomic E-state index is 0.00354. The highest BCUT2D eigenvalue weighted by molar-refractivity contribution is 5.96. The van der Waals surface area contributed by atoms with Crippen molar-refractivity contribution in [3.05, 3.63) is 35.4 Å². The van der Waals surface area contributed by atoms with Crippen LogP contribution in [-0.2, 0) is 0 Å². The van der Waals surface area contributed by atoms with Crippen molar-refractivity contribution in [1.29, 1.82) is 0 Å². The molecule has 0 aromatic heterocycles. The number of carbonyl (C=O) groups excluding carboxylic acids is 1. The summed E-state index contributed by atoms with van der Waals surface area (Å²) in [6.07, 6.45) is 0.233. The molecule has 0 aliphatic carbocycles. The highest BCUT2D eigenvalue weighted by atomic mass is 19.1. The first-order valence-corrected chi connectivity index (χ1v) is 5.25. The Hall–Kier alpha value is -1.29. The highest BCUT2D eigenvalue weighted by Crippen LogP contribution is 2.11. The molecule has 0 fully saturated rings. The maximum Gasteiger partial charge on any atom is 0.164 e. The molecular formula is C12H15F2NO. The molecule has 0 amide bonds. The van der Waals surface area contributed by atoms with Gasteiger partial charge in [-0.25, -0.2) is 8.78 Å². The molecule has 88 valence electrons. The predicted octanol–water partition coefficient (Wildman–Crippen LogP) is 2.54. The van der Waals surface area contributed by atoms with E-state index in [0.29, 0.717) is 0 Å². The van der Waals surface area contributed by atoms with Gasteiger partial charge in [-0.2, -0.15) is 0 Å². The van der Waals surface area contributed by atoms with Gasteiger partial charge in [-0.05, 0) is 25.6 Å². The van der Waals surface area contributed by atoms with Crippen LogP contribution in [0.4, 0.5) is 8.78 Å². The molecule has 1 aromatic carbocycles. The van der Waals surface area contributed by atoms with Crippen molar-refractivity contribution in [2.24, 2.45) is 0 Å². The van der Waals surface area contributed by atoms with Crippen molar-refractivity contribution in [2.75, 3.05) is 6.54 Å². The van der Waals surface area contributed by atoms with E-state index in [2.05, 4.69) is 5.32 Å². The summed E-state index contributed by atoms with van der Waals surface area (Å²) in [6, 6.07) is 2.88. The molecule has 0 spiro atoms. The second-order valence-corrected chi connectivity index (χ2v) is 3.74. The van der Waals surface area contributed by atoms with Crippen LogP contribution in [0.1, 0.15) is 30.6 Å². The topological polar surface area (TPSA) is 29.1 Å². The molecule has 0 aliphatic heterocycles. The van der Waals surface area contributed by atoms with Gasteiger partial charge in [0, 0.05) is 24.1 Å². The van der Waals surface area contributed by atoms with Gasteiger partial charge >= 0.3 is 0 Å². The quantitative estimate of drug-likeness (QED) is 0.783. The molecule has 16 heavy (non-hydrogen) atoms. The third-order valence-electron chi connectivity index (χ3n) is 2.23. The van der Waals surface area contributed by atoms with Crippen LogP contribution < -0.4 is 5.32 Å². The number of nitrogens with one attached hydrogen (secondary N) is 1. The molecule has 2 nitrogen and oxygen atoms in total. The fraction of sp³-hybridized carbons (Fsp3) is 0.417. The summed E-state index contributed by atoms with van der Waals surface area (Å²) >= 11 is 0. The standard InChI is InChI=1S/C12H15F2NO/c1-3-15-8(2)4-12(16)9-5-10(13)7-11(14)6-9/h5-8,15H,3-4H2,1-2H3. The summed E-state index contributed by atoms with van der Waals surface area (Å²) in [4.78, 5) is 11.7. The normalized spacial score (nSPS) is 12.5. The minimum atomic E-state index is -0.723. The molecule has 1 rings (SSSR count). The lowest BCUT2D eigenvalue weighted by molar-refractivity contribution is 0.0971. The zero-order valence-corrected chi connectivity index (χ0v) is 9.39. The van der Waals surface area contributed by atoms with Gasteiger partial charge in [-0.15, -0.1) is 0 Å². The van der Waals surface area contributed by atoms with Gasteiger partial charge in [0.15, 0.2) is 5.78 Å². The molecule has 0 saturated heterocycles. The van der Waals surface area contributed by atoms with Crippen LogP contribution in [-0.4, -0.2) is 18.4 Å². The first-order valence-electron chi connectivity index (χ1n) is 5.25. The van der Waals surface area contributed by atoms with Crippen LogP contribution in [0.5, 0.6) is 0 Å². The summed E-state index contributed by atoms with van der Waals surface area (Å²) in [5, 5.41) is 3.07. The zero-order chi connectivity index (χ0) is 12.1. The van der Waals surface area contributed by atoms with Gasteiger partial charge in [0.1, 0.15) is 11.6 Å². The van der Waals surface area contributed by atoms with E-state index in [1.54, 1.807) is 0 Å². The number of halogens is 2. The summed E-state index contributed by atoms with van der Waals surface area (Å²) in [5.41, 5.74) is 0.0854. The molecule has 0 saturated carbocycles. The number of carbonyl (C=O) groups is 1. The van der Waals surface area contributed by atoms with Crippen molar-refractivity contribution in [3.8, 4) is 0 Å². The lowest BCUT2D eigenvalue weighted by atomic mass is 10.0. The maximum absolute atomic E-state index is 12.9. The first kappa shape index (κ1) is 12.8. The average molecular weight is 227 g/mol. The Kier molecular flexibility index (Phi) is 4.55. The summed E-state index contributed by atoms with van der Waals surface area (Å²) < 4.78 is 25.7. The molecule has 4 heteroatoms. The molecule has 1 atom stereocenters. The Morgan fingerprint density at radius 1 is 1.31 bits per heavy atom. The number of hydrogen-bond donors (Lipinski definition) is 1. The molecular weight excluding hydrogens is 212 g/mol. The Morgan fingerprint density at radius 2 is 1.88 bits per heavy atom. The van der Waals surface area contributed by atoms with E-state index in [0.717, 1.165) is 24.7 Å². The highest BCUT2D eigenvalue weighted by Gasteiger charge is 2.12. The van der Waals surface area contributed by atoms with Crippen LogP contribution in [0.15, 0.2) is 18.2 Å². The van der Waals surface area contributed by atoms with E-state index in [-0.39, 0.29) is 23.8 Å². The van der Waals surface area contributed by atoms with Crippen molar-refractivity contribution >= 4 is 5.78 Å². The first-order chi connectivity index (χ1) is 7.52. The van der Waals surface area contributed by atoms with Crippen LogP contribution in [0.25, 0.3) is 0 Å². The van der Waals surface area contributed by atoms with Crippen molar-refractivity contribution in [1.82, 2.24) is 5.32 Å². The zero-order valence-electron chi connectivity index (χ0n) is 9.39. The fourth-order valence-corrected chi connectivity index (χ4v) is 1.53. The van der Waals surface area contributed by atoms with Crippen LogP contribution in [0, 0.1) is 11.6 Å². The van der Waals surface area contributed by atoms with E-state index < -0.39 is 11.6 Å². The Balaban J connectivity index is 2.72. The Labute approximate surface area is 93.7 Å². The van der Waals surface area contributed by atoms with Crippen LogP contribution in [0.2, 0.25) is 0 Å². The number of hydrogen-bond acceptors (Lipinski definition) is 2. The molecule has 0 radical (unpaired) electrons. The van der Waals surface area contributed by atoms with Gasteiger partial charge in [0.25, 0.3) is 0 Å². The molecule has 1 aromatic rings. The number of benzene rings is 1. The second kappa shape index (κ2) is 5.70. The van der Waals surface area contributed by atoms with Crippen molar-refractivity contribution in [2.45, 2.75) is 26.3 Å². The van der Waals surface area contributed by atoms with E-state index in [4.69, 9.17) is 0 Å². The summed E-state index contributed by atoms with van der Waals surface area (Å²) in [7, 11) is 0. The smallest absolute Gasteiger partial charge is 0.164 e.